The molecule has 0 radical (unpaired) electrons. The lowest BCUT2D eigenvalue weighted by molar-refractivity contribution is 0.714. The molecule has 0 bridgehead atoms. The van der Waals surface area contributed by atoms with Gasteiger partial charge in [-0.3, -0.25) is 0 Å². The van der Waals surface area contributed by atoms with Gasteiger partial charge in [0.1, 0.15) is 0 Å². The van der Waals surface area contributed by atoms with Gasteiger partial charge < -0.3 is 10.3 Å². The summed E-state index contributed by atoms with van der Waals surface area (Å²) in [6.45, 7) is 4.15. The van der Waals surface area contributed by atoms with E-state index in [1.807, 2.05) is 18.5 Å². The molecule has 0 aliphatic rings. The van der Waals surface area contributed by atoms with Crippen LogP contribution in [0.3, 0.4) is 0 Å². The van der Waals surface area contributed by atoms with Crippen molar-refractivity contribution in [1.82, 2.24) is 15.3 Å². The number of aromatic nitrogens is 2. The molecule has 0 aromatic carbocycles. The predicted octanol–water partition coefficient (Wildman–Crippen LogP) is 2.29. The highest BCUT2D eigenvalue weighted by atomic mass is 32.1. The maximum atomic E-state index is 4.58. The zero-order chi connectivity index (χ0) is 10.5. The molecule has 0 saturated carbocycles. The van der Waals surface area contributed by atoms with E-state index in [9.17, 15) is 0 Å². The van der Waals surface area contributed by atoms with Crippen LogP contribution in [0.4, 0.5) is 0 Å². The lowest BCUT2D eigenvalue weighted by Gasteiger charge is -1.96. The predicted molar refractivity (Wildman–Crippen MR) is 64.1 cm³/mol. The molecule has 0 amide bonds. The quantitative estimate of drug-likeness (QED) is 0.761. The van der Waals surface area contributed by atoms with Crippen molar-refractivity contribution >= 4 is 11.3 Å². The Hall–Kier alpha value is -1.13. The number of H-pyrrole nitrogens is 1. The first-order valence-corrected chi connectivity index (χ1v) is 6.06. The van der Waals surface area contributed by atoms with Crippen LogP contribution in [0, 0.1) is 0 Å². The van der Waals surface area contributed by atoms with Gasteiger partial charge in [0.25, 0.3) is 0 Å². The lowest BCUT2D eigenvalue weighted by Crippen LogP contribution is -2.15. The number of aromatic amines is 1. The van der Waals surface area contributed by atoms with Crippen molar-refractivity contribution in [2.45, 2.75) is 13.3 Å². The normalized spacial score (nSPS) is 10.7. The molecule has 0 saturated heterocycles. The zero-order valence-electron chi connectivity index (χ0n) is 8.79. The lowest BCUT2D eigenvalue weighted by atomic mass is 10.3. The number of thiazole rings is 1. The van der Waals surface area contributed by atoms with Gasteiger partial charge in [-0.05, 0) is 12.6 Å². The van der Waals surface area contributed by atoms with Crippen molar-refractivity contribution in [1.29, 1.82) is 0 Å². The number of hydrogen-bond acceptors (Lipinski definition) is 3. The van der Waals surface area contributed by atoms with Gasteiger partial charge in [-0.25, -0.2) is 4.98 Å². The topological polar surface area (TPSA) is 40.7 Å². The fraction of sp³-hybridized carbons (Fsp3) is 0.364. The number of rotatable bonds is 5. The molecular weight excluding hydrogens is 206 g/mol. The first-order chi connectivity index (χ1) is 7.40. The van der Waals surface area contributed by atoms with Gasteiger partial charge in [-0.2, -0.15) is 0 Å². The molecule has 0 aliphatic heterocycles. The van der Waals surface area contributed by atoms with Crippen LogP contribution in [0.5, 0.6) is 0 Å². The summed E-state index contributed by atoms with van der Waals surface area (Å²) >= 11 is 1.73. The maximum Gasteiger partial charge on any atom is 0.0945 e. The molecule has 3 nitrogen and oxygen atoms in total. The molecule has 0 spiro atoms. The maximum absolute atomic E-state index is 4.58. The van der Waals surface area contributed by atoms with E-state index >= 15 is 0 Å². The average molecular weight is 221 g/mol. The summed E-state index contributed by atoms with van der Waals surface area (Å²) in [5, 5.41) is 6.62. The number of nitrogens with one attached hydrogen (secondary N) is 2. The number of hydrogen-bond donors (Lipinski definition) is 2. The SMILES string of the molecule is CCNCCc1nc(-c2cc[nH]c2)cs1. The molecule has 0 aliphatic carbocycles. The van der Waals surface area contributed by atoms with Crippen LogP contribution < -0.4 is 5.32 Å². The molecule has 2 aromatic rings. The first kappa shape index (κ1) is 10.4. The molecule has 80 valence electrons. The van der Waals surface area contributed by atoms with Crippen LogP contribution in [0.15, 0.2) is 23.8 Å². The molecule has 4 heteroatoms. The monoisotopic (exact) mass is 221 g/mol. The molecule has 0 fully saturated rings. The van der Waals surface area contributed by atoms with Crippen LogP contribution in [-0.4, -0.2) is 23.1 Å². The summed E-state index contributed by atoms with van der Waals surface area (Å²) in [7, 11) is 0. The Bertz CT molecular complexity index is 392. The van der Waals surface area contributed by atoms with Crippen LogP contribution in [-0.2, 0) is 6.42 Å². The van der Waals surface area contributed by atoms with E-state index in [2.05, 4.69) is 27.6 Å². The second-order valence-electron chi connectivity index (χ2n) is 3.33. The van der Waals surface area contributed by atoms with Crippen LogP contribution in [0.1, 0.15) is 11.9 Å². The van der Waals surface area contributed by atoms with Crippen molar-refractivity contribution < 1.29 is 0 Å². The highest BCUT2D eigenvalue weighted by molar-refractivity contribution is 7.09. The van der Waals surface area contributed by atoms with Crippen molar-refractivity contribution in [2.24, 2.45) is 0 Å². The van der Waals surface area contributed by atoms with Gasteiger partial charge in [0.2, 0.25) is 0 Å². The molecule has 0 atom stereocenters. The van der Waals surface area contributed by atoms with Gasteiger partial charge in [-0.1, -0.05) is 6.92 Å². The summed E-state index contributed by atoms with van der Waals surface area (Å²) in [5.74, 6) is 0. The Morgan fingerprint density at radius 2 is 2.47 bits per heavy atom. The van der Waals surface area contributed by atoms with Crippen LogP contribution in [0.2, 0.25) is 0 Å². The fourth-order valence-electron chi connectivity index (χ4n) is 1.41. The molecule has 2 aromatic heterocycles. The van der Waals surface area contributed by atoms with E-state index in [1.54, 1.807) is 11.3 Å². The van der Waals surface area contributed by atoms with Crippen molar-refractivity contribution in [3.8, 4) is 11.3 Å². The van der Waals surface area contributed by atoms with Gasteiger partial charge in [0, 0.05) is 36.3 Å². The summed E-state index contributed by atoms with van der Waals surface area (Å²) < 4.78 is 0. The highest BCUT2D eigenvalue weighted by Crippen LogP contribution is 2.21. The second kappa shape index (κ2) is 5.09. The number of likely N-dealkylation sites (N-methyl/N-ethyl adjacent to an activating group) is 1. The van der Waals surface area contributed by atoms with Gasteiger partial charge >= 0.3 is 0 Å². The van der Waals surface area contributed by atoms with Crippen LogP contribution in [0.25, 0.3) is 11.3 Å². The van der Waals surface area contributed by atoms with E-state index in [0.717, 1.165) is 25.2 Å². The van der Waals surface area contributed by atoms with Crippen LogP contribution >= 0.6 is 11.3 Å². The third-order valence-corrected chi connectivity index (χ3v) is 3.12. The van der Waals surface area contributed by atoms with E-state index in [-0.39, 0.29) is 0 Å². The average Bonchev–Trinajstić information content (AvgIpc) is 2.87. The van der Waals surface area contributed by atoms with Crippen molar-refractivity contribution in [3.63, 3.8) is 0 Å². The highest BCUT2D eigenvalue weighted by Gasteiger charge is 2.03. The minimum absolute atomic E-state index is 1.01. The Morgan fingerprint density at radius 3 is 3.20 bits per heavy atom. The summed E-state index contributed by atoms with van der Waals surface area (Å²) in [5.41, 5.74) is 2.24. The molecule has 2 rings (SSSR count). The first-order valence-electron chi connectivity index (χ1n) is 5.18. The van der Waals surface area contributed by atoms with Gasteiger partial charge in [0.05, 0.1) is 10.7 Å². The number of nitrogens with zero attached hydrogens (tertiary/aromatic N) is 1. The van der Waals surface area contributed by atoms with Crippen molar-refractivity contribution in [2.75, 3.05) is 13.1 Å². The van der Waals surface area contributed by atoms with E-state index in [4.69, 9.17) is 0 Å². The minimum Gasteiger partial charge on any atom is -0.367 e. The van der Waals surface area contributed by atoms with E-state index < -0.39 is 0 Å². The zero-order valence-corrected chi connectivity index (χ0v) is 9.60. The standard InChI is InChI=1S/C11H15N3S/c1-2-12-6-4-11-14-10(8-15-11)9-3-5-13-7-9/h3,5,7-8,12-13H,2,4,6H2,1H3. The van der Waals surface area contributed by atoms with E-state index in [0.29, 0.717) is 0 Å². The Balaban J connectivity index is 1.98. The summed E-state index contributed by atoms with van der Waals surface area (Å²) in [4.78, 5) is 7.63. The molecule has 15 heavy (non-hydrogen) atoms. The molecular formula is C11H15N3S. The molecule has 0 unspecified atom stereocenters. The van der Waals surface area contributed by atoms with Crippen molar-refractivity contribution in [3.05, 3.63) is 28.8 Å². The Labute approximate surface area is 93.6 Å². The smallest absolute Gasteiger partial charge is 0.0945 e. The summed E-state index contributed by atoms with van der Waals surface area (Å²) in [6, 6.07) is 2.04. The summed E-state index contributed by atoms with van der Waals surface area (Å²) in [6.07, 6.45) is 4.92. The minimum atomic E-state index is 1.01. The van der Waals surface area contributed by atoms with E-state index in [1.165, 1.54) is 10.6 Å². The Kier molecular flexibility index (Phi) is 3.53. The third-order valence-electron chi connectivity index (χ3n) is 2.21. The second-order valence-corrected chi connectivity index (χ2v) is 4.27. The van der Waals surface area contributed by atoms with Gasteiger partial charge in [0.15, 0.2) is 0 Å². The molecule has 2 heterocycles. The molecule has 2 N–H and O–H groups in total. The largest absolute Gasteiger partial charge is 0.367 e. The third kappa shape index (κ3) is 2.67. The van der Waals surface area contributed by atoms with Gasteiger partial charge in [-0.15, -0.1) is 11.3 Å². The Morgan fingerprint density at radius 1 is 1.53 bits per heavy atom. The fourth-order valence-corrected chi connectivity index (χ4v) is 2.22.